The van der Waals surface area contributed by atoms with Crippen LogP contribution in [0.2, 0.25) is 0 Å². The fraction of sp³-hybridized carbons (Fsp3) is 0.467. The number of carbonyl (C=O) groups is 2. The molecule has 18 heavy (non-hydrogen) atoms. The van der Waals surface area contributed by atoms with Gasteiger partial charge >= 0.3 is 5.97 Å². The average molecular weight is 244 g/mol. The monoisotopic (exact) mass is 244 g/mol. The molecule has 0 aliphatic heterocycles. The first-order valence-corrected chi connectivity index (χ1v) is 6.42. The van der Waals surface area contributed by atoms with Gasteiger partial charge in [-0.2, -0.15) is 0 Å². The molecule has 0 saturated heterocycles. The van der Waals surface area contributed by atoms with Crippen LogP contribution in [0.3, 0.4) is 0 Å². The van der Waals surface area contributed by atoms with Crippen molar-refractivity contribution in [2.24, 2.45) is 17.8 Å². The van der Waals surface area contributed by atoms with Crippen LogP contribution in [-0.4, -0.2) is 11.8 Å². The first kappa shape index (κ1) is 11.5. The van der Waals surface area contributed by atoms with Gasteiger partial charge in [-0.3, -0.25) is 9.59 Å². The van der Waals surface area contributed by atoms with Gasteiger partial charge in [-0.25, -0.2) is 0 Å². The highest BCUT2D eigenvalue weighted by molar-refractivity contribution is 5.94. The summed E-state index contributed by atoms with van der Waals surface area (Å²) in [5.74, 6) is 0.172. The lowest BCUT2D eigenvalue weighted by Crippen LogP contribution is -2.13. The minimum atomic E-state index is -0.196. The van der Waals surface area contributed by atoms with E-state index in [1.807, 2.05) is 31.2 Å². The molecule has 3 rings (SSSR count). The topological polar surface area (TPSA) is 43.4 Å². The van der Waals surface area contributed by atoms with E-state index in [4.69, 9.17) is 4.74 Å². The Kier molecular flexibility index (Phi) is 2.69. The van der Waals surface area contributed by atoms with Crippen LogP contribution in [-0.2, 0) is 20.9 Å². The minimum absolute atomic E-state index is 0.0180. The molecule has 2 aliphatic rings. The largest absolute Gasteiger partial charge is 0.461 e. The fourth-order valence-electron chi connectivity index (χ4n) is 2.90. The number of benzene rings is 1. The minimum Gasteiger partial charge on any atom is -0.461 e. The molecule has 94 valence electrons. The van der Waals surface area contributed by atoms with Crippen molar-refractivity contribution in [2.45, 2.75) is 26.4 Å². The van der Waals surface area contributed by atoms with Gasteiger partial charge in [-0.05, 0) is 24.8 Å². The molecule has 1 aromatic carbocycles. The number of esters is 1. The maximum Gasteiger partial charge on any atom is 0.310 e. The second-order valence-electron chi connectivity index (χ2n) is 5.31. The van der Waals surface area contributed by atoms with Crippen molar-refractivity contribution in [3.8, 4) is 0 Å². The van der Waals surface area contributed by atoms with Gasteiger partial charge in [0.25, 0.3) is 0 Å². The van der Waals surface area contributed by atoms with Crippen LogP contribution in [0.5, 0.6) is 0 Å². The number of fused-ring (bicyclic) bond motifs is 1. The molecule has 0 spiro atoms. The molecule has 3 unspecified atom stereocenters. The highest BCUT2D eigenvalue weighted by atomic mass is 16.5. The number of aryl methyl sites for hydroxylation is 1. The van der Waals surface area contributed by atoms with E-state index in [9.17, 15) is 9.59 Å². The molecule has 2 aliphatic carbocycles. The van der Waals surface area contributed by atoms with E-state index in [1.54, 1.807) is 0 Å². The summed E-state index contributed by atoms with van der Waals surface area (Å²) < 4.78 is 5.29. The fourth-order valence-corrected chi connectivity index (χ4v) is 2.90. The summed E-state index contributed by atoms with van der Waals surface area (Å²) in [6.45, 7) is 2.33. The molecule has 0 amide bonds. The zero-order valence-electron chi connectivity index (χ0n) is 10.4. The van der Waals surface area contributed by atoms with E-state index < -0.39 is 0 Å². The van der Waals surface area contributed by atoms with Crippen molar-refractivity contribution in [2.75, 3.05) is 0 Å². The SMILES string of the molecule is Cc1ccc(COC(=O)C2C3CCC(=O)C32)cc1. The molecule has 3 heteroatoms. The molecular formula is C15H16O3. The molecule has 2 saturated carbocycles. The van der Waals surface area contributed by atoms with E-state index in [1.165, 1.54) is 5.56 Å². The first-order chi connectivity index (χ1) is 8.66. The highest BCUT2D eigenvalue weighted by Crippen LogP contribution is 2.55. The molecular weight excluding hydrogens is 228 g/mol. The number of Topliss-reactive ketones (excluding diaryl/α,β-unsaturated/α-hetero) is 1. The zero-order chi connectivity index (χ0) is 12.7. The van der Waals surface area contributed by atoms with E-state index in [2.05, 4.69) is 0 Å². The predicted molar refractivity (Wildman–Crippen MR) is 65.7 cm³/mol. The van der Waals surface area contributed by atoms with Crippen LogP contribution in [0.1, 0.15) is 24.0 Å². The van der Waals surface area contributed by atoms with Crippen molar-refractivity contribution in [1.82, 2.24) is 0 Å². The van der Waals surface area contributed by atoms with Crippen molar-refractivity contribution >= 4 is 11.8 Å². The Bertz CT molecular complexity index is 489. The number of rotatable bonds is 3. The Morgan fingerprint density at radius 2 is 2.06 bits per heavy atom. The molecule has 3 nitrogen and oxygen atoms in total. The van der Waals surface area contributed by atoms with E-state index in [0.717, 1.165) is 12.0 Å². The smallest absolute Gasteiger partial charge is 0.310 e. The summed E-state index contributed by atoms with van der Waals surface area (Å²) >= 11 is 0. The lowest BCUT2D eigenvalue weighted by Gasteiger charge is -2.06. The Hall–Kier alpha value is -1.64. The van der Waals surface area contributed by atoms with Crippen LogP contribution in [0.15, 0.2) is 24.3 Å². The second kappa shape index (κ2) is 4.23. The number of ether oxygens (including phenoxy) is 1. The molecule has 0 radical (unpaired) electrons. The van der Waals surface area contributed by atoms with Crippen LogP contribution in [0.4, 0.5) is 0 Å². The summed E-state index contributed by atoms with van der Waals surface area (Å²) in [5.41, 5.74) is 2.18. The summed E-state index contributed by atoms with van der Waals surface area (Å²) in [6.07, 6.45) is 1.52. The van der Waals surface area contributed by atoms with Crippen LogP contribution < -0.4 is 0 Å². The van der Waals surface area contributed by atoms with Crippen molar-refractivity contribution in [3.05, 3.63) is 35.4 Å². The molecule has 3 atom stereocenters. The van der Waals surface area contributed by atoms with Gasteiger partial charge in [-0.15, -0.1) is 0 Å². The number of hydrogen-bond acceptors (Lipinski definition) is 3. The Morgan fingerprint density at radius 3 is 2.67 bits per heavy atom. The lowest BCUT2D eigenvalue weighted by atomic mass is 10.1. The zero-order valence-corrected chi connectivity index (χ0v) is 10.4. The van der Waals surface area contributed by atoms with Gasteiger partial charge in [0.2, 0.25) is 0 Å². The molecule has 1 aromatic rings. The van der Waals surface area contributed by atoms with Gasteiger partial charge in [0.15, 0.2) is 0 Å². The lowest BCUT2D eigenvalue weighted by molar-refractivity contribution is -0.148. The van der Waals surface area contributed by atoms with Crippen LogP contribution in [0.25, 0.3) is 0 Å². The van der Waals surface area contributed by atoms with Crippen molar-refractivity contribution in [3.63, 3.8) is 0 Å². The first-order valence-electron chi connectivity index (χ1n) is 6.42. The van der Waals surface area contributed by atoms with Gasteiger partial charge in [0, 0.05) is 12.3 Å². The average Bonchev–Trinajstić information content (AvgIpc) is 2.99. The normalized spacial score (nSPS) is 28.9. The Morgan fingerprint density at radius 1 is 1.33 bits per heavy atom. The maximum atomic E-state index is 11.8. The molecule has 0 bridgehead atoms. The van der Waals surface area contributed by atoms with Crippen molar-refractivity contribution in [1.29, 1.82) is 0 Å². The number of ketones is 1. The van der Waals surface area contributed by atoms with Gasteiger partial charge in [0.05, 0.1) is 5.92 Å². The number of carbonyl (C=O) groups excluding carboxylic acids is 2. The standard InChI is InChI=1S/C15H16O3/c1-9-2-4-10(5-3-9)8-18-15(17)14-11-6-7-12(16)13(11)14/h2-5,11,13-14H,6-8H2,1H3. The molecule has 0 aromatic heterocycles. The highest BCUT2D eigenvalue weighted by Gasteiger charge is 2.62. The van der Waals surface area contributed by atoms with E-state index >= 15 is 0 Å². The van der Waals surface area contributed by atoms with Crippen LogP contribution >= 0.6 is 0 Å². The summed E-state index contributed by atoms with van der Waals surface area (Å²) in [4.78, 5) is 23.3. The van der Waals surface area contributed by atoms with E-state index in [-0.39, 0.29) is 29.5 Å². The maximum absolute atomic E-state index is 11.8. The third kappa shape index (κ3) is 1.94. The third-order valence-electron chi connectivity index (χ3n) is 4.04. The van der Waals surface area contributed by atoms with Gasteiger partial charge < -0.3 is 4.74 Å². The molecule has 2 fully saturated rings. The summed E-state index contributed by atoms with van der Waals surface area (Å²) in [6, 6.07) is 7.92. The summed E-state index contributed by atoms with van der Waals surface area (Å²) in [5, 5.41) is 0. The molecule has 0 heterocycles. The summed E-state index contributed by atoms with van der Waals surface area (Å²) in [7, 11) is 0. The quantitative estimate of drug-likeness (QED) is 0.766. The van der Waals surface area contributed by atoms with Gasteiger partial charge in [-0.1, -0.05) is 29.8 Å². The Balaban J connectivity index is 1.54. The predicted octanol–water partition coefficient (Wildman–Crippen LogP) is 2.26. The number of hydrogen-bond donors (Lipinski definition) is 0. The van der Waals surface area contributed by atoms with Crippen molar-refractivity contribution < 1.29 is 14.3 Å². The third-order valence-corrected chi connectivity index (χ3v) is 4.04. The Labute approximate surface area is 106 Å². The second-order valence-corrected chi connectivity index (χ2v) is 5.31. The van der Waals surface area contributed by atoms with Gasteiger partial charge in [0.1, 0.15) is 12.4 Å². The molecule has 0 N–H and O–H groups in total. The van der Waals surface area contributed by atoms with Crippen LogP contribution in [0, 0.1) is 24.7 Å². The van der Waals surface area contributed by atoms with E-state index in [0.29, 0.717) is 13.0 Å².